The standard InChI is InChI=1S/C19H21FN2O5S/c1-22(2)28(25,26)16-8-5-7-15(12-16)19(24)27-13-18(23)21-11-10-14-6-3-4-9-17(14)20/h3-9,12H,10-11,13H2,1-2H3,(H,21,23). The van der Waals surface area contributed by atoms with Crippen molar-refractivity contribution >= 4 is 21.9 Å². The van der Waals surface area contributed by atoms with Crippen LogP contribution in [0.4, 0.5) is 4.39 Å². The fourth-order valence-electron chi connectivity index (χ4n) is 2.30. The van der Waals surface area contributed by atoms with Crippen molar-refractivity contribution in [2.45, 2.75) is 11.3 Å². The summed E-state index contributed by atoms with van der Waals surface area (Å²) >= 11 is 0. The zero-order valence-electron chi connectivity index (χ0n) is 15.5. The van der Waals surface area contributed by atoms with E-state index < -0.39 is 28.5 Å². The summed E-state index contributed by atoms with van der Waals surface area (Å²) in [5, 5.41) is 2.53. The fourth-order valence-corrected chi connectivity index (χ4v) is 3.25. The van der Waals surface area contributed by atoms with Gasteiger partial charge in [0, 0.05) is 20.6 Å². The Hall–Kier alpha value is -2.78. The highest BCUT2D eigenvalue weighted by Crippen LogP contribution is 2.15. The van der Waals surface area contributed by atoms with Crippen molar-refractivity contribution in [3.05, 3.63) is 65.5 Å². The lowest BCUT2D eigenvalue weighted by atomic mass is 10.1. The molecule has 0 unspecified atom stereocenters. The van der Waals surface area contributed by atoms with Gasteiger partial charge in [0.25, 0.3) is 5.91 Å². The highest BCUT2D eigenvalue weighted by molar-refractivity contribution is 7.89. The van der Waals surface area contributed by atoms with Gasteiger partial charge in [-0.2, -0.15) is 0 Å². The normalized spacial score (nSPS) is 11.3. The third kappa shape index (κ3) is 5.61. The predicted octanol–water partition coefficient (Wildman–Crippen LogP) is 1.59. The number of esters is 1. The lowest BCUT2D eigenvalue weighted by Gasteiger charge is -2.12. The van der Waals surface area contributed by atoms with Gasteiger partial charge in [-0.3, -0.25) is 4.79 Å². The molecule has 28 heavy (non-hydrogen) atoms. The van der Waals surface area contributed by atoms with E-state index in [2.05, 4.69) is 5.32 Å². The van der Waals surface area contributed by atoms with E-state index >= 15 is 0 Å². The molecule has 2 aromatic rings. The molecule has 7 nitrogen and oxygen atoms in total. The minimum absolute atomic E-state index is 0.0158. The third-order valence-electron chi connectivity index (χ3n) is 3.86. The maximum Gasteiger partial charge on any atom is 0.338 e. The maximum absolute atomic E-state index is 13.5. The summed E-state index contributed by atoms with van der Waals surface area (Å²) < 4.78 is 43.7. The van der Waals surface area contributed by atoms with Crippen LogP contribution in [0.5, 0.6) is 0 Å². The molecule has 0 saturated carbocycles. The number of amides is 1. The zero-order chi connectivity index (χ0) is 20.7. The van der Waals surface area contributed by atoms with Crippen LogP contribution < -0.4 is 5.32 Å². The largest absolute Gasteiger partial charge is 0.452 e. The van der Waals surface area contributed by atoms with Crippen molar-refractivity contribution in [1.29, 1.82) is 0 Å². The number of halogens is 1. The summed E-state index contributed by atoms with van der Waals surface area (Å²) in [4.78, 5) is 23.8. The van der Waals surface area contributed by atoms with Crippen molar-refractivity contribution in [3.63, 3.8) is 0 Å². The molecule has 9 heteroatoms. The number of sulfonamides is 1. The van der Waals surface area contributed by atoms with E-state index in [-0.39, 0.29) is 22.8 Å². The number of hydrogen-bond acceptors (Lipinski definition) is 5. The zero-order valence-corrected chi connectivity index (χ0v) is 16.3. The monoisotopic (exact) mass is 408 g/mol. The van der Waals surface area contributed by atoms with Gasteiger partial charge in [-0.15, -0.1) is 0 Å². The van der Waals surface area contributed by atoms with Gasteiger partial charge in [0.15, 0.2) is 6.61 Å². The quantitative estimate of drug-likeness (QED) is 0.670. The van der Waals surface area contributed by atoms with Crippen LogP contribution >= 0.6 is 0 Å². The van der Waals surface area contributed by atoms with Gasteiger partial charge in [-0.1, -0.05) is 24.3 Å². The van der Waals surface area contributed by atoms with Gasteiger partial charge >= 0.3 is 5.97 Å². The molecular weight excluding hydrogens is 387 g/mol. The number of rotatable bonds is 8. The van der Waals surface area contributed by atoms with Crippen molar-refractivity contribution < 1.29 is 27.1 Å². The minimum atomic E-state index is -3.69. The van der Waals surface area contributed by atoms with Gasteiger partial charge in [0.05, 0.1) is 10.5 Å². The Labute approximate surface area is 163 Å². The van der Waals surface area contributed by atoms with E-state index in [0.717, 1.165) is 4.31 Å². The predicted molar refractivity (Wildman–Crippen MR) is 101 cm³/mol. The molecule has 0 aliphatic heterocycles. The van der Waals surface area contributed by atoms with Crippen molar-refractivity contribution in [1.82, 2.24) is 9.62 Å². The molecule has 0 spiro atoms. The molecular formula is C19H21FN2O5S. The van der Waals surface area contributed by atoms with Crippen LogP contribution in [0.2, 0.25) is 0 Å². The second-order valence-corrected chi connectivity index (χ2v) is 8.23. The fraction of sp³-hybridized carbons (Fsp3) is 0.263. The summed E-state index contributed by atoms with van der Waals surface area (Å²) in [6.45, 7) is -0.339. The van der Waals surface area contributed by atoms with Gasteiger partial charge in [0.1, 0.15) is 5.82 Å². The molecule has 2 aromatic carbocycles. The third-order valence-corrected chi connectivity index (χ3v) is 5.67. The molecule has 0 heterocycles. The molecule has 0 saturated heterocycles. The van der Waals surface area contributed by atoms with Crippen LogP contribution in [-0.4, -0.2) is 51.8 Å². The average molecular weight is 408 g/mol. The molecule has 0 aliphatic rings. The molecule has 0 aliphatic carbocycles. The van der Waals surface area contributed by atoms with Crippen molar-refractivity contribution in [2.75, 3.05) is 27.2 Å². The summed E-state index contributed by atoms with van der Waals surface area (Å²) in [5.41, 5.74) is 0.487. The number of nitrogens with zero attached hydrogens (tertiary/aromatic N) is 1. The van der Waals surface area contributed by atoms with Crippen LogP contribution in [0.3, 0.4) is 0 Å². The first-order valence-electron chi connectivity index (χ1n) is 8.41. The summed E-state index contributed by atoms with van der Waals surface area (Å²) in [5.74, 6) is -1.71. The molecule has 0 radical (unpaired) electrons. The van der Waals surface area contributed by atoms with E-state index in [1.165, 1.54) is 44.4 Å². The van der Waals surface area contributed by atoms with Gasteiger partial charge in [0.2, 0.25) is 10.0 Å². The van der Waals surface area contributed by atoms with E-state index in [1.54, 1.807) is 18.2 Å². The number of ether oxygens (including phenoxy) is 1. The van der Waals surface area contributed by atoms with E-state index in [1.807, 2.05) is 0 Å². The molecule has 2 rings (SSSR count). The molecule has 0 atom stereocenters. The van der Waals surface area contributed by atoms with E-state index in [4.69, 9.17) is 4.74 Å². The van der Waals surface area contributed by atoms with Crippen molar-refractivity contribution in [3.8, 4) is 0 Å². The molecule has 0 bridgehead atoms. The Balaban J connectivity index is 1.86. The van der Waals surface area contributed by atoms with Gasteiger partial charge < -0.3 is 10.1 Å². The van der Waals surface area contributed by atoms with Crippen LogP contribution in [0, 0.1) is 5.82 Å². The molecule has 0 fully saturated rings. The van der Waals surface area contributed by atoms with Gasteiger partial charge in [-0.05, 0) is 36.2 Å². The number of carbonyl (C=O) groups excluding carboxylic acids is 2. The highest BCUT2D eigenvalue weighted by atomic mass is 32.2. The molecule has 0 aromatic heterocycles. The van der Waals surface area contributed by atoms with Gasteiger partial charge in [-0.25, -0.2) is 21.9 Å². The Morgan fingerprint density at radius 2 is 1.82 bits per heavy atom. The Kier molecular flexibility index (Phi) is 7.24. The number of nitrogens with one attached hydrogen (secondary N) is 1. The topological polar surface area (TPSA) is 92.8 Å². The van der Waals surface area contributed by atoms with Crippen LogP contribution in [0.25, 0.3) is 0 Å². The smallest absolute Gasteiger partial charge is 0.338 e. The Morgan fingerprint density at radius 1 is 1.11 bits per heavy atom. The van der Waals surface area contributed by atoms with E-state index in [9.17, 15) is 22.4 Å². The first-order valence-corrected chi connectivity index (χ1v) is 9.85. The SMILES string of the molecule is CN(C)S(=O)(=O)c1cccc(C(=O)OCC(=O)NCCc2ccccc2F)c1. The minimum Gasteiger partial charge on any atom is -0.452 e. The number of carbonyl (C=O) groups is 2. The molecule has 1 N–H and O–H groups in total. The second kappa shape index (κ2) is 9.43. The Morgan fingerprint density at radius 3 is 2.50 bits per heavy atom. The second-order valence-electron chi connectivity index (χ2n) is 6.08. The number of hydrogen-bond donors (Lipinski definition) is 1. The molecule has 150 valence electrons. The van der Waals surface area contributed by atoms with E-state index in [0.29, 0.717) is 12.0 Å². The lowest BCUT2D eigenvalue weighted by molar-refractivity contribution is -0.124. The molecule has 1 amide bonds. The van der Waals surface area contributed by atoms with Crippen molar-refractivity contribution in [2.24, 2.45) is 0 Å². The summed E-state index contributed by atoms with van der Waals surface area (Å²) in [6, 6.07) is 11.6. The highest BCUT2D eigenvalue weighted by Gasteiger charge is 2.19. The maximum atomic E-state index is 13.5. The summed E-state index contributed by atoms with van der Waals surface area (Å²) in [6.07, 6.45) is 0.302. The lowest BCUT2D eigenvalue weighted by Crippen LogP contribution is -2.30. The average Bonchev–Trinajstić information content (AvgIpc) is 2.67. The van der Waals surface area contributed by atoms with Crippen LogP contribution in [0.15, 0.2) is 53.4 Å². The Bertz CT molecular complexity index is 960. The number of benzene rings is 2. The summed E-state index contributed by atoms with van der Waals surface area (Å²) in [7, 11) is -0.929. The van der Waals surface area contributed by atoms with Crippen LogP contribution in [0.1, 0.15) is 15.9 Å². The van der Waals surface area contributed by atoms with Crippen LogP contribution in [-0.2, 0) is 26.0 Å². The first-order chi connectivity index (χ1) is 13.2. The first kappa shape index (κ1) is 21.5.